The predicted molar refractivity (Wildman–Crippen MR) is 142 cm³/mol. The fourth-order valence-corrected chi connectivity index (χ4v) is 10.3. The molecule has 35 heavy (non-hydrogen) atoms. The molecule has 198 valence electrons. The van der Waals surface area contributed by atoms with Crippen molar-refractivity contribution < 1.29 is 24.2 Å². The van der Waals surface area contributed by atoms with Crippen molar-refractivity contribution >= 4 is 45.5 Å². The van der Waals surface area contributed by atoms with E-state index >= 15 is 0 Å². The van der Waals surface area contributed by atoms with Crippen LogP contribution < -0.4 is 0 Å². The van der Waals surface area contributed by atoms with Gasteiger partial charge in [-0.3, -0.25) is 14.4 Å². The second kappa shape index (κ2) is 10.0. The summed E-state index contributed by atoms with van der Waals surface area (Å²) in [5, 5.41) is 9.93. The van der Waals surface area contributed by atoms with Gasteiger partial charge in [-0.25, -0.2) is 0 Å². The second-order valence-corrected chi connectivity index (χ2v) is 14.7. The Labute approximate surface area is 222 Å². The lowest BCUT2D eigenvalue weighted by atomic mass is 9.70. The summed E-state index contributed by atoms with van der Waals surface area (Å²) in [4.78, 5) is 44.9. The molecule has 0 aromatic rings. The van der Waals surface area contributed by atoms with Gasteiger partial charge in [0.25, 0.3) is 0 Å². The molecule has 3 aliphatic heterocycles. The minimum Gasteiger partial charge on any atom is -0.466 e. The maximum atomic E-state index is 14.5. The van der Waals surface area contributed by atoms with Gasteiger partial charge in [-0.15, -0.1) is 18.3 Å². The summed E-state index contributed by atoms with van der Waals surface area (Å²) < 4.78 is 4.63. The van der Waals surface area contributed by atoms with E-state index in [0.717, 1.165) is 6.42 Å². The van der Waals surface area contributed by atoms with Crippen LogP contribution in [0.15, 0.2) is 12.7 Å². The number of alkyl halides is 1. The zero-order valence-electron chi connectivity index (χ0n) is 22.0. The summed E-state index contributed by atoms with van der Waals surface area (Å²) in [5.74, 6) is -2.02. The number of rotatable bonds is 9. The molecule has 1 N–H and O–H groups in total. The number of aliphatic hydroxyl groups is 1. The number of ether oxygens (including phenoxy) is 1. The molecule has 0 saturated carbocycles. The van der Waals surface area contributed by atoms with E-state index in [-0.39, 0.29) is 46.5 Å². The maximum Gasteiger partial charge on any atom is 0.310 e. The summed E-state index contributed by atoms with van der Waals surface area (Å²) in [6, 6.07) is -1.33. The molecule has 2 amide bonds. The number of aliphatic hydroxyl groups excluding tert-OH is 1. The van der Waals surface area contributed by atoms with E-state index in [1.54, 1.807) is 36.6 Å². The standard InChI is InChI=1S/C26H41BrN2O5S/c1-9-11-28(25(7,8)14-24(4,5)6)22(32)20-26-12-16(27)19(35-26)17(23(33)34-10-2)18(26)21(31)29(20)15(3)13-30/h9,15-20,30H,1,10-14H2,2-8H3/t15-,16?,17-,18+,19-,20?,26?/m1/s1. The van der Waals surface area contributed by atoms with E-state index in [0.29, 0.717) is 13.0 Å². The van der Waals surface area contributed by atoms with Crippen LogP contribution >= 0.6 is 27.7 Å². The molecule has 3 saturated heterocycles. The van der Waals surface area contributed by atoms with Gasteiger partial charge in [0.05, 0.1) is 35.8 Å². The Balaban J connectivity index is 2.12. The SMILES string of the molecule is C=CCN(C(=O)C1N([C@H](C)CO)C(=O)[C@@H]2[C@@H](C(=O)OCC)[C@@H]3SC12CC3Br)C(C)(C)CC(C)(C)C. The molecule has 3 aliphatic rings. The average Bonchev–Trinajstić information content (AvgIpc) is 3.32. The highest BCUT2D eigenvalue weighted by atomic mass is 79.9. The maximum absolute atomic E-state index is 14.5. The van der Waals surface area contributed by atoms with Crippen molar-refractivity contribution in [1.29, 1.82) is 0 Å². The molecule has 0 radical (unpaired) electrons. The number of esters is 1. The van der Waals surface area contributed by atoms with Crippen LogP contribution in [0, 0.1) is 17.3 Å². The van der Waals surface area contributed by atoms with Gasteiger partial charge in [-0.05, 0) is 46.0 Å². The van der Waals surface area contributed by atoms with Crippen molar-refractivity contribution in [3.63, 3.8) is 0 Å². The molecule has 7 atom stereocenters. The number of nitrogens with zero attached hydrogens (tertiary/aromatic N) is 2. The van der Waals surface area contributed by atoms with Gasteiger partial charge in [-0.1, -0.05) is 42.8 Å². The molecule has 3 rings (SSSR count). The van der Waals surface area contributed by atoms with Crippen molar-refractivity contribution in [3.8, 4) is 0 Å². The van der Waals surface area contributed by atoms with Crippen LogP contribution in [0.1, 0.15) is 61.3 Å². The summed E-state index contributed by atoms with van der Waals surface area (Å²) in [5.41, 5.74) is -0.519. The smallest absolute Gasteiger partial charge is 0.310 e. The number of likely N-dealkylation sites (tertiary alicyclic amines) is 1. The Morgan fingerprint density at radius 3 is 2.51 bits per heavy atom. The Hall–Kier alpha value is -1.06. The zero-order chi connectivity index (χ0) is 26.5. The first-order valence-electron chi connectivity index (χ1n) is 12.5. The fraction of sp³-hybridized carbons (Fsp3) is 0.808. The van der Waals surface area contributed by atoms with E-state index in [1.807, 2.05) is 4.90 Å². The summed E-state index contributed by atoms with van der Waals surface area (Å²) >= 11 is 5.34. The molecular weight excluding hydrogens is 532 g/mol. The molecule has 0 aromatic heterocycles. The normalized spacial score (nSPS) is 33.0. The lowest BCUT2D eigenvalue weighted by Gasteiger charge is -2.46. The van der Waals surface area contributed by atoms with Gasteiger partial charge in [0.2, 0.25) is 11.8 Å². The van der Waals surface area contributed by atoms with Crippen molar-refractivity contribution in [2.24, 2.45) is 17.3 Å². The first kappa shape index (κ1) is 28.5. The van der Waals surface area contributed by atoms with E-state index in [2.05, 4.69) is 57.1 Å². The fourth-order valence-electron chi connectivity index (χ4n) is 6.72. The van der Waals surface area contributed by atoms with E-state index in [9.17, 15) is 19.5 Å². The van der Waals surface area contributed by atoms with E-state index < -0.39 is 34.2 Å². The number of fused-ring (bicyclic) bond motifs is 1. The highest BCUT2D eigenvalue weighted by Gasteiger charge is 2.76. The third-order valence-corrected chi connectivity index (χ3v) is 10.8. The number of carbonyl (C=O) groups excluding carboxylic acids is 3. The third kappa shape index (κ3) is 4.81. The van der Waals surface area contributed by atoms with Gasteiger partial charge in [-0.2, -0.15) is 0 Å². The van der Waals surface area contributed by atoms with Crippen molar-refractivity contribution in [2.45, 2.75) is 93.8 Å². The third-order valence-electron chi connectivity index (χ3n) is 7.53. The van der Waals surface area contributed by atoms with Crippen LogP contribution in [0.2, 0.25) is 0 Å². The quantitative estimate of drug-likeness (QED) is 0.258. The summed E-state index contributed by atoms with van der Waals surface area (Å²) in [6.45, 7) is 18.3. The number of carbonyl (C=O) groups is 3. The minimum atomic E-state index is -0.782. The van der Waals surface area contributed by atoms with Crippen LogP contribution in [0.25, 0.3) is 0 Å². The molecule has 3 unspecified atom stereocenters. The molecule has 3 fully saturated rings. The Kier molecular flexibility index (Phi) is 8.15. The van der Waals surface area contributed by atoms with Gasteiger partial charge in [0.15, 0.2) is 0 Å². The average molecular weight is 574 g/mol. The largest absolute Gasteiger partial charge is 0.466 e. The lowest BCUT2D eigenvalue weighted by molar-refractivity contribution is -0.154. The zero-order valence-corrected chi connectivity index (χ0v) is 24.4. The van der Waals surface area contributed by atoms with E-state index in [4.69, 9.17) is 4.74 Å². The van der Waals surface area contributed by atoms with E-state index in [1.165, 1.54) is 0 Å². The number of hydrogen-bond acceptors (Lipinski definition) is 6. The van der Waals surface area contributed by atoms with Crippen LogP contribution in [0.3, 0.4) is 0 Å². The minimum absolute atomic E-state index is 0.0129. The highest BCUT2D eigenvalue weighted by molar-refractivity contribution is 9.09. The monoisotopic (exact) mass is 572 g/mol. The molecular formula is C26H41BrN2O5S. The molecule has 0 aromatic carbocycles. The number of thioether (sulfide) groups is 1. The second-order valence-electron chi connectivity index (χ2n) is 12.0. The van der Waals surface area contributed by atoms with Gasteiger partial charge in [0, 0.05) is 22.2 Å². The van der Waals surface area contributed by atoms with Crippen LogP contribution in [0.4, 0.5) is 0 Å². The molecule has 0 aliphatic carbocycles. The van der Waals surface area contributed by atoms with Crippen LogP contribution in [-0.4, -0.2) is 84.9 Å². The molecule has 3 heterocycles. The Bertz CT molecular complexity index is 874. The van der Waals surface area contributed by atoms with Crippen molar-refractivity contribution in [1.82, 2.24) is 9.80 Å². The Morgan fingerprint density at radius 2 is 2.00 bits per heavy atom. The first-order valence-corrected chi connectivity index (χ1v) is 14.3. The molecule has 2 bridgehead atoms. The van der Waals surface area contributed by atoms with Gasteiger partial charge < -0.3 is 19.6 Å². The lowest BCUT2D eigenvalue weighted by Crippen LogP contribution is -2.61. The number of amides is 2. The van der Waals surface area contributed by atoms with Gasteiger partial charge in [0.1, 0.15) is 6.04 Å². The first-order chi connectivity index (χ1) is 16.2. The topological polar surface area (TPSA) is 87.2 Å². The van der Waals surface area contributed by atoms with Gasteiger partial charge >= 0.3 is 5.97 Å². The molecule has 1 spiro atoms. The number of hydrogen-bond donors (Lipinski definition) is 1. The van der Waals surface area contributed by atoms with Crippen molar-refractivity contribution in [2.75, 3.05) is 19.8 Å². The highest BCUT2D eigenvalue weighted by Crippen LogP contribution is 2.68. The van der Waals surface area contributed by atoms with Crippen LogP contribution in [0.5, 0.6) is 0 Å². The predicted octanol–water partition coefficient (Wildman–Crippen LogP) is 3.62. The van der Waals surface area contributed by atoms with Crippen LogP contribution in [-0.2, 0) is 19.1 Å². The van der Waals surface area contributed by atoms with Crippen molar-refractivity contribution in [3.05, 3.63) is 12.7 Å². The Morgan fingerprint density at radius 1 is 1.37 bits per heavy atom. The molecule has 7 nitrogen and oxygen atoms in total. The summed E-state index contributed by atoms with van der Waals surface area (Å²) in [6.07, 6.45) is 3.08. The summed E-state index contributed by atoms with van der Waals surface area (Å²) in [7, 11) is 0. The number of halogens is 1. The molecule has 9 heteroatoms.